The second-order valence-corrected chi connectivity index (χ2v) is 9.53. The molecule has 0 atom stereocenters. The van der Waals surface area contributed by atoms with E-state index in [1.54, 1.807) is 24.3 Å². The monoisotopic (exact) mass is 366 g/mol. The van der Waals surface area contributed by atoms with Crippen molar-refractivity contribution in [2.75, 3.05) is 19.0 Å². The van der Waals surface area contributed by atoms with Gasteiger partial charge >= 0.3 is 0 Å². The Hall–Kier alpha value is -0.910. The third kappa shape index (κ3) is 4.09. The molecule has 1 aliphatic carbocycles. The van der Waals surface area contributed by atoms with Gasteiger partial charge in [-0.15, -0.1) is 0 Å². The van der Waals surface area contributed by atoms with Crippen LogP contribution in [-0.2, 0) is 19.3 Å². The summed E-state index contributed by atoms with van der Waals surface area (Å²) in [6, 6.07) is 8.75. The molecular formula is C20H30O4S. The van der Waals surface area contributed by atoms with Crippen molar-refractivity contribution in [2.24, 2.45) is 5.41 Å². The van der Waals surface area contributed by atoms with Gasteiger partial charge in [-0.05, 0) is 37.8 Å². The fourth-order valence-electron chi connectivity index (χ4n) is 4.00. The Kier molecular flexibility index (Phi) is 5.86. The molecule has 0 spiro atoms. The molecule has 1 aromatic rings. The smallest absolute Gasteiger partial charge is 0.178 e. The number of sulfone groups is 1. The number of unbranched alkanes of at least 4 members (excludes halogenated alkanes) is 3. The Balaban J connectivity index is 1.66. The van der Waals surface area contributed by atoms with Crippen LogP contribution in [0.5, 0.6) is 0 Å². The molecule has 3 rings (SSSR count). The number of rotatable bonds is 10. The van der Waals surface area contributed by atoms with Crippen LogP contribution in [-0.4, -0.2) is 33.2 Å². The summed E-state index contributed by atoms with van der Waals surface area (Å²) >= 11 is 0. The molecule has 1 aromatic carbocycles. The van der Waals surface area contributed by atoms with Crippen LogP contribution in [0.4, 0.5) is 0 Å². The lowest BCUT2D eigenvalue weighted by molar-refractivity contribution is -0.212. The van der Waals surface area contributed by atoms with Gasteiger partial charge in [-0.3, -0.25) is 0 Å². The zero-order chi connectivity index (χ0) is 17.8. The van der Waals surface area contributed by atoms with Crippen molar-refractivity contribution in [3.8, 4) is 0 Å². The Morgan fingerprint density at radius 2 is 1.64 bits per heavy atom. The van der Waals surface area contributed by atoms with Gasteiger partial charge in [-0.25, -0.2) is 8.42 Å². The first-order chi connectivity index (χ1) is 12.0. The predicted molar refractivity (Wildman–Crippen MR) is 98.2 cm³/mol. The van der Waals surface area contributed by atoms with Crippen LogP contribution in [0.1, 0.15) is 58.3 Å². The topological polar surface area (TPSA) is 52.6 Å². The molecule has 140 valence electrons. The van der Waals surface area contributed by atoms with E-state index in [1.807, 2.05) is 6.07 Å². The molecule has 4 nitrogen and oxygen atoms in total. The average molecular weight is 367 g/mol. The van der Waals surface area contributed by atoms with Crippen LogP contribution < -0.4 is 0 Å². The van der Waals surface area contributed by atoms with Crippen LogP contribution in [0.2, 0.25) is 0 Å². The minimum absolute atomic E-state index is 0.114. The molecule has 1 heterocycles. The van der Waals surface area contributed by atoms with E-state index >= 15 is 0 Å². The highest BCUT2D eigenvalue weighted by Crippen LogP contribution is 2.61. The Morgan fingerprint density at radius 3 is 2.24 bits per heavy atom. The summed E-state index contributed by atoms with van der Waals surface area (Å²) in [6.45, 7) is 3.46. The summed E-state index contributed by atoms with van der Waals surface area (Å²) in [5.74, 6) is -0.382. The highest BCUT2D eigenvalue weighted by Gasteiger charge is 2.62. The highest BCUT2D eigenvalue weighted by atomic mass is 32.2. The van der Waals surface area contributed by atoms with E-state index in [1.165, 1.54) is 19.3 Å². The summed E-state index contributed by atoms with van der Waals surface area (Å²) in [4.78, 5) is 0.413. The molecule has 0 N–H and O–H groups in total. The molecule has 0 unspecified atom stereocenters. The summed E-state index contributed by atoms with van der Waals surface area (Å²) in [5.41, 5.74) is -0.114. The van der Waals surface area contributed by atoms with Crippen LogP contribution in [0, 0.1) is 5.41 Å². The maximum atomic E-state index is 12.6. The molecule has 2 aliphatic rings. The highest BCUT2D eigenvalue weighted by molar-refractivity contribution is 7.91. The molecule has 1 saturated carbocycles. The number of hydrogen-bond acceptors (Lipinski definition) is 4. The third-order valence-corrected chi connectivity index (χ3v) is 7.46. The van der Waals surface area contributed by atoms with Crippen molar-refractivity contribution < 1.29 is 17.9 Å². The summed E-state index contributed by atoms with van der Waals surface area (Å²) in [5, 5.41) is 0. The second kappa shape index (κ2) is 7.77. The normalized spacial score (nSPS) is 21.3. The molecule has 0 amide bonds. The van der Waals surface area contributed by atoms with Crippen molar-refractivity contribution in [1.82, 2.24) is 0 Å². The van der Waals surface area contributed by atoms with E-state index in [9.17, 15) is 8.42 Å². The van der Waals surface area contributed by atoms with Gasteiger partial charge in [-0.2, -0.15) is 0 Å². The maximum absolute atomic E-state index is 12.6. The van der Waals surface area contributed by atoms with Gasteiger partial charge in [0.25, 0.3) is 0 Å². The Morgan fingerprint density at radius 1 is 0.960 bits per heavy atom. The van der Waals surface area contributed by atoms with Crippen LogP contribution in [0.25, 0.3) is 0 Å². The van der Waals surface area contributed by atoms with E-state index in [-0.39, 0.29) is 11.2 Å². The Bertz CT molecular complexity index is 644. The number of ether oxygens (including phenoxy) is 2. The minimum atomic E-state index is -3.25. The summed E-state index contributed by atoms with van der Waals surface area (Å²) in [6.07, 6.45) is 8.22. The summed E-state index contributed by atoms with van der Waals surface area (Å²) < 4.78 is 37.5. The van der Waals surface area contributed by atoms with Gasteiger partial charge in [0.2, 0.25) is 0 Å². The van der Waals surface area contributed by atoms with E-state index in [0.717, 1.165) is 25.7 Å². The standard InChI is InChI=1S/C20H30O4S/c1-2-3-4-8-11-20(23-15-16-24-20)19(12-13-19)14-17-25(21,22)18-9-6-5-7-10-18/h5-7,9-10H,2-4,8,11-17H2,1H3. The maximum Gasteiger partial charge on any atom is 0.178 e. The molecule has 0 aromatic heterocycles. The van der Waals surface area contributed by atoms with Crippen molar-refractivity contribution in [3.05, 3.63) is 30.3 Å². The molecule has 0 radical (unpaired) electrons. The van der Waals surface area contributed by atoms with Crippen molar-refractivity contribution >= 4 is 9.84 Å². The lowest BCUT2D eigenvalue weighted by Crippen LogP contribution is -2.42. The Labute approximate surface area is 151 Å². The SMILES string of the molecule is CCCCCCC1(C2(CCS(=O)(=O)c3ccccc3)CC2)OCCO1. The van der Waals surface area contributed by atoms with Gasteiger partial charge in [0, 0.05) is 11.8 Å². The number of benzene rings is 1. The van der Waals surface area contributed by atoms with Crippen molar-refractivity contribution in [2.45, 2.75) is 69.0 Å². The van der Waals surface area contributed by atoms with E-state index < -0.39 is 15.6 Å². The molecule has 25 heavy (non-hydrogen) atoms. The van der Waals surface area contributed by atoms with Crippen LogP contribution >= 0.6 is 0 Å². The largest absolute Gasteiger partial charge is 0.347 e. The molecule has 1 saturated heterocycles. The van der Waals surface area contributed by atoms with E-state index in [4.69, 9.17) is 9.47 Å². The van der Waals surface area contributed by atoms with Crippen molar-refractivity contribution in [3.63, 3.8) is 0 Å². The zero-order valence-electron chi connectivity index (χ0n) is 15.2. The van der Waals surface area contributed by atoms with Gasteiger partial charge in [0.15, 0.2) is 15.6 Å². The predicted octanol–water partition coefficient (Wildman–Crippen LogP) is 4.34. The fraction of sp³-hybridized carbons (Fsp3) is 0.700. The lowest BCUT2D eigenvalue weighted by atomic mass is 9.87. The first kappa shape index (κ1) is 18.9. The molecular weight excluding hydrogens is 336 g/mol. The van der Waals surface area contributed by atoms with Gasteiger partial charge < -0.3 is 9.47 Å². The van der Waals surface area contributed by atoms with Gasteiger partial charge in [0.05, 0.1) is 23.9 Å². The quantitative estimate of drug-likeness (QED) is 0.578. The van der Waals surface area contributed by atoms with Crippen LogP contribution in [0.15, 0.2) is 35.2 Å². The van der Waals surface area contributed by atoms with E-state index in [0.29, 0.717) is 24.5 Å². The van der Waals surface area contributed by atoms with Crippen LogP contribution in [0.3, 0.4) is 0 Å². The minimum Gasteiger partial charge on any atom is -0.347 e. The van der Waals surface area contributed by atoms with Gasteiger partial charge in [0.1, 0.15) is 0 Å². The van der Waals surface area contributed by atoms with Crippen molar-refractivity contribution in [1.29, 1.82) is 0 Å². The summed E-state index contributed by atoms with van der Waals surface area (Å²) in [7, 11) is -3.25. The first-order valence-corrected chi connectivity index (χ1v) is 11.2. The average Bonchev–Trinajstić information content (AvgIpc) is 3.29. The molecule has 0 bridgehead atoms. The first-order valence-electron chi connectivity index (χ1n) is 9.59. The van der Waals surface area contributed by atoms with E-state index in [2.05, 4.69) is 6.92 Å². The molecule has 2 fully saturated rings. The van der Waals surface area contributed by atoms with Gasteiger partial charge in [-0.1, -0.05) is 44.4 Å². The second-order valence-electron chi connectivity index (χ2n) is 7.42. The molecule has 5 heteroatoms. The lowest BCUT2D eigenvalue weighted by Gasteiger charge is -2.36. The fourth-order valence-corrected chi connectivity index (χ4v) is 5.47. The zero-order valence-corrected chi connectivity index (χ0v) is 16.0. The number of hydrogen-bond donors (Lipinski definition) is 0. The molecule has 1 aliphatic heterocycles. The third-order valence-electron chi connectivity index (χ3n) is 5.73.